The topological polar surface area (TPSA) is 0 Å². The molecule has 0 amide bonds. The maximum absolute atomic E-state index is 5.88. The van der Waals surface area contributed by atoms with Gasteiger partial charge in [-0.05, 0) is 19.8 Å². The van der Waals surface area contributed by atoms with Gasteiger partial charge in [-0.2, -0.15) is 0 Å². The summed E-state index contributed by atoms with van der Waals surface area (Å²) in [7, 11) is 0. The molecule has 0 rings (SSSR count). The van der Waals surface area contributed by atoms with Crippen LogP contribution in [0.5, 0.6) is 0 Å². The lowest BCUT2D eigenvalue weighted by Gasteiger charge is -2.26. The molecule has 0 aliphatic rings. The molecule has 0 bridgehead atoms. The van der Waals surface area contributed by atoms with Crippen LogP contribution in [0, 0.1) is 5.92 Å². The first-order valence-corrected chi connectivity index (χ1v) is 5.78. The van der Waals surface area contributed by atoms with Crippen molar-refractivity contribution in [1.82, 2.24) is 0 Å². The minimum Gasteiger partial charge on any atom is -0.127 e. The van der Waals surface area contributed by atoms with Gasteiger partial charge in [-0.3, -0.25) is 0 Å². The Morgan fingerprint density at radius 3 is 2.00 bits per heavy atom. The fraction of sp³-hybridized carbons (Fsp3) is 1.00. The van der Waals surface area contributed by atoms with Gasteiger partial charge in [0.2, 0.25) is 0 Å². The molecule has 1 unspecified atom stereocenters. The molecular formula is C7H11Cl5. The molecule has 0 aromatic rings. The second-order valence-electron chi connectivity index (χ2n) is 2.73. The highest BCUT2D eigenvalue weighted by Gasteiger charge is 2.33. The molecular weight excluding hydrogens is 261 g/mol. The highest BCUT2D eigenvalue weighted by molar-refractivity contribution is 6.50. The lowest BCUT2D eigenvalue weighted by molar-refractivity contribution is 0.471. The fourth-order valence-corrected chi connectivity index (χ4v) is 2.54. The lowest BCUT2D eigenvalue weighted by atomic mass is 10.0. The molecule has 0 aromatic carbocycles. The van der Waals surface area contributed by atoms with Crippen LogP contribution >= 0.6 is 58.0 Å². The van der Waals surface area contributed by atoms with Crippen LogP contribution in [0.4, 0.5) is 0 Å². The first-order chi connectivity index (χ1) is 5.39. The minimum atomic E-state index is -0.889. The second-order valence-corrected chi connectivity index (χ2v) is 6.03. The van der Waals surface area contributed by atoms with Crippen molar-refractivity contribution in [2.45, 2.75) is 28.9 Å². The van der Waals surface area contributed by atoms with E-state index in [1.807, 2.05) is 0 Å². The molecule has 1 atom stereocenters. The Bertz CT molecular complexity index is 117. The third-order valence-corrected chi connectivity index (χ3v) is 3.04. The normalized spacial score (nSPS) is 15.2. The molecule has 0 nitrogen and oxygen atoms in total. The van der Waals surface area contributed by atoms with Crippen LogP contribution in [-0.4, -0.2) is 15.0 Å². The van der Waals surface area contributed by atoms with E-state index in [4.69, 9.17) is 58.0 Å². The molecule has 0 radical (unpaired) electrons. The summed E-state index contributed by atoms with van der Waals surface area (Å²) >= 11 is 28.7. The molecule has 0 aliphatic heterocycles. The van der Waals surface area contributed by atoms with Gasteiger partial charge in [-0.1, -0.05) is 0 Å². The van der Waals surface area contributed by atoms with Crippen molar-refractivity contribution < 1.29 is 0 Å². The zero-order valence-corrected chi connectivity index (χ0v) is 10.4. The molecule has 0 saturated carbocycles. The van der Waals surface area contributed by atoms with Gasteiger partial charge >= 0.3 is 0 Å². The van der Waals surface area contributed by atoms with Crippen molar-refractivity contribution in [2.75, 3.05) is 5.88 Å². The van der Waals surface area contributed by atoms with Gasteiger partial charge in [0.1, 0.15) is 9.17 Å². The summed E-state index contributed by atoms with van der Waals surface area (Å²) < 4.78 is -0.889. The number of halogens is 5. The van der Waals surface area contributed by atoms with E-state index in [0.717, 1.165) is 12.8 Å². The van der Waals surface area contributed by atoms with Gasteiger partial charge in [0.25, 0.3) is 0 Å². The number of hydrogen-bond donors (Lipinski definition) is 0. The van der Waals surface area contributed by atoms with E-state index in [2.05, 4.69) is 0 Å². The molecule has 0 aromatic heterocycles. The van der Waals surface area contributed by atoms with Crippen molar-refractivity contribution in [3.8, 4) is 0 Å². The maximum atomic E-state index is 5.88. The van der Waals surface area contributed by atoms with E-state index in [-0.39, 0.29) is 5.92 Å². The smallest absolute Gasteiger partial charge is 0.120 e. The van der Waals surface area contributed by atoms with Gasteiger partial charge in [-0.15, -0.1) is 58.0 Å². The summed E-state index contributed by atoms with van der Waals surface area (Å²) in [4.78, 5) is -0.548. The van der Waals surface area contributed by atoms with Crippen molar-refractivity contribution in [3.05, 3.63) is 0 Å². The highest BCUT2D eigenvalue weighted by atomic mass is 35.5. The van der Waals surface area contributed by atoms with Crippen molar-refractivity contribution >= 4 is 58.0 Å². The first-order valence-electron chi connectivity index (χ1n) is 3.61. The second kappa shape index (κ2) is 6.03. The highest BCUT2D eigenvalue weighted by Crippen LogP contribution is 2.38. The molecule has 5 heteroatoms. The summed E-state index contributed by atoms with van der Waals surface area (Å²) in [6.07, 6.45) is 1.56. The quantitative estimate of drug-likeness (QED) is 0.641. The average molecular weight is 272 g/mol. The van der Waals surface area contributed by atoms with Crippen molar-refractivity contribution in [3.63, 3.8) is 0 Å². The summed E-state index contributed by atoms with van der Waals surface area (Å²) in [5, 5.41) is 0. The molecule has 0 N–H and O–H groups in total. The van der Waals surface area contributed by atoms with Crippen LogP contribution in [0.25, 0.3) is 0 Å². The van der Waals surface area contributed by atoms with Gasteiger partial charge in [0.05, 0.1) is 0 Å². The minimum absolute atomic E-state index is 0.136. The molecule has 74 valence electrons. The summed E-state index contributed by atoms with van der Waals surface area (Å²) in [5.41, 5.74) is 0. The Kier molecular flexibility index (Phi) is 6.76. The lowest BCUT2D eigenvalue weighted by Crippen LogP contribution is -2.27. The van der Waals surface area contributed by atoms with Crippen LogP contribution in [0.2, 0.25) is 0 Å². The Morgan fingerprint density at radius 1 is 1.25 bits per heavy atom. The number of alkyl halides is 5. The van der Waals surface area contributed by atoms with E-state index in [1.54, 1.807) is 6.92 Å². The Morgan fingerprint density at radius 2 is 1.75 bits per heavy atom. The standard InChI is InChI=1S/C7H11Cl5/c1-7(11,12)5(6(9)10)3-2-4-8/h5-6H,2-4H2,1H3. The fourth-order valence-electron chi connectivity index (χ4n) is 0.898. The third kappa shape index (κ3) is 5.24. The van der Waals surface area contributed by atoms with Gasteiger partial charge in [0, 0.05) is 11.8 Å². The molecule has 0 saturated heterocycles. The summed E-state index contributed by atoms with van der Waals surface area (Å²) in [6, 6.07) is 0. The van der Waals surface area contributed by atoms with E-state index in [9.17, 15) is 0 Å². The van der Waals surface area contributed by atoms with E-state index < -0.39 is 9.17 Å². The summed E-state index contributed by atoms with van der Waals surface area (Å²) in [5.74, 6) is 0.434. The van der Waals surface area contributed by atoms with E-state index in [1.165, 1.54) is 0 Å². The average Bonchev–Trinajstić information content (AvgIpc) is 1.84. The van der Waals surface area contributed by atoms with Crippen molar-refractivity contribution in [2.24, 2.45) is 5.92 Å². The zero-order chi connectivity index (χ0) is 9.78. The predicted octanol–water partition coefficient (Wildman–Crippen LogP) is 4.62. The number of hydrogen-bond acceptors (Lipinski definition) is 0. The molecule has 0 spiro atoms. The molecule has 0 aliphatic carbocycles. The molecule has 12 heavy (non-hydrogen) atoms. The number of rotatable bonds is 5. The monoisotopic (exact) mass is 270 g/mol. The van der Waals surface area contributed by atoms with Crippen LogP contribution < -0.4 is 0 Å². The van der Waals surface area contributed by atoms with Crippen LogP contribution in [0.15, 0.2) is 0 Å². The summed E-state index contributed by atoms with van der Waals surface area (Å²) in [6.45, 7) is 1.69. The van der Waals surface area contributed by atoms with Crippen LogP contribution in [0.1, 0.15) is 19.8 Å². The predicted molar refractivity (Wildman–Crippen MR) is 59.0 cm³/mol. The van der Waals surface area contributed by atoms with Crippen molar-refractivity contribution in [1.29, 1.82) is 0 Å². The van der Waals surface area contributed by atoms with Crippen LogP contribution in [-0.2, 0) is 0 Å². The molecule has 0 fully saturated rings. The maximum Gasteiger partial charge on any atom is 0.120 e. The molecule has 0 heterocycles. The van der Waals surface area contributed by atoms with Crippen LogP contribution in [0.3, 0.4) is 0 Å². The third-order valence-electron chi connectivity index (χ3n) is 1.60. The van der Waals surface area contributed by atoms with E-state index >= 15 is 0 Å². The SMILES string of the molecule is CC(Cl)(Cl)C(CCCCl)C(Cl)Cl. The Hall–Kier alpha value is 1.45. The van der Waals surface area contributed by atoms with Gasteiger partial charge in [0.15, 0.2) is 0 Å². The Labute approximate surface area is 98.4 Å². The van der Waals surface area contributed by atoms with E-state index in [0.29, 0.717) is 5.88 Å². The zero-order valence-electron chi connectivity index (χ0n) is 6.67. The van der Waals surface area contributed by atoms with Gasteiger partial charge < -0.3 is 0 Å². The Balaban J connectivity index is 4.05. The largest absolute Gasteiger partial charge is 0.127 e. The van der Waals surface area contributed by atoms with Gasteiger partial charge in [-0.25, -0.2) is 0 Å². The first kappa shape index (κ1) is 13.4.